The number of thiol groups is 2. The van der Waals surface area contributed by atoms with Crippen LogP contribution in [-0.2, 0) is 9.59 Å². The van der Waals surface area contributed by atoms with Gasteiger partial charge in [-0.2, -0.15) is 25.3 Å². The Morgan fingerprint density at radius 2 is 2.20 bits per heavy atom. The van der Waals surface area contributed by atoms with E-state index in [1.165, 1.54) is 4.90 Å². The summed E-state index contributed by atoms with van der Waals surface area (Å²) in [5, 5.41) is 8.73. The van der Waals surface area contributed by atoms with Crippen LogP contribution in [0.3, 0.4) is 0 Å². The van der Waals surface area contributed by atoms with E-state index in [-0.39, 0.29) is 17.1 Å². The number of hydrogen-bond donors (Lipinski definition) is 3. The summed E-state index contributed by atoms with van der Waals surface area (Å²) in [7, 11) is 0. The third-order valence-electron chi connectivity index (χ3n) is 2.60. The number of hydrogen-bond acceptors (Lipinski definition) is 4. The van der Waals surface area contributed by atoms with Crippen LogP contribution in [-0.4, -0.2) is 45.5 Å². The molecule has 4 nitrogen and oxygen atoms in total. The van der Waals surface area contributed by atoms with Crippen LogP contribution < -0.4 is 0 Å². The number of amides is 1. The quantitative estimate of drug-likeness (QED) is 0.640. The fourth-order valence-electron chi connectivity index (χ4n) is 1.68. The molecule has 15 heavy (non-hydrogen) atoms. The molecule has 1 saturated heterocycles. The van der Waals surface area contributed by atoms with E-state index in [4.69, 9.17) is 5.11 Å². The SMILES string of the molecule is CC(CS)C(=O)N1CC[C@H](S)[C@H]1C(=O)O. The molecule has 86 valence electrons. The summed E-state index contributed by atoms with van der Waals surface area (Å²) < 4.78 is 0. The summed E-state index contributed by atoms with van der Waals surface area (Å²) in [6.07, 6.45) is 0.630. The van der Waals surface area contributed by atoms with Gasteiger partial charge in [-0.05, 0) is 6.42 Å². The van der Waals surface area contributed by atoms with Crippen molar-refractivity contribution >= 4 is 37.1 Å². The lowest BCUT2D eigenvalue weighted by atomic mass is 10.1. The summed E-state index contributed by atoms with van der Waals surface area (Å²) >= 11 is 8.22. The predicted molar refractivity (Wildman–Crippen MR) is 63.5 cm³/mol. The highest BCUT2D eigenvalue weighted by Gasteiger charge is 2.41. The van der Waals surface area contributed by atoms with Crippen LogP contribution in [0, 0.1) is 5.92 Å². The topological polar surface area (TPSA) is 57.6 Å². The number of carboxylic acid groups (broad SMARTS) is 1. The molecule has 0 bridgehead atoms. The molecule has 0 aromatic carbocycles. The highest BCUT2D eigenvalue weighted by Crippen LogP contribution is 2.24. The van der Waals surface area contributed by atoms with E-state index in [0.717, 1.165) is 0 Å². The Morgan fingerprint density at radius 3 is 2.67 bits per heavy atom. The van der Waals surface area contributed by atoms with Crippen LogP contribution in [0.25, 0.3) is 0 Å². The van der Waals surface area contributed by atoms with E-state index in [1.54, 1.807) is 6.92 Å². The van der Waals surface area contributed by atoms with Gasteiger partial charge in [-0.25, -0.2) is 4.79 Å². The Kier molecular flexibility index (Phi) is 4.33. The molecule has 1 aliphatic rings. The summed E-state index contributed by atoms with van der Waals surface area (Å²) in [6, 6.07) is -0.789. The van der Waals surface area contributed by atoms with Gasteiger partial charge in [0.1, 0.15) is 6.04 Å². The van der Waals surface area contributed by atoms with Gasteiger partial charge < -0.3 is 10.0 Å². The molecule has 0 saturated carbocycles. The first-order chi connectivity index (χ1) is 6.99. The van der Waals surface area contributed by atoms with Crippen molar-refractivity contribution in [2.24, 2.45) is 5.92 Å². The fourth-order valence-corrected chi connectivity index (χ4v) is 2.24. The molecule has 1 fully saturated rings. The Hall–Kier alpha value is -0.360. The molecule has 0 aromatic heterocycles. The fraction of sp³-hybridized carbons (Fsp3) is 0.778. The predicted octanol–water partition coefficient (Wildman–Crippen LogP) is 0.536. The minimum atomic E-state index is -0.979. The van der Waals surface area contributed by atoms with Crippen LogP contribution in [0.1, 0.15) is 13.3 Å². The molecule has 0 radical (unpaired) electrons. The van der Waals surface area contributed by atoms with Gasteiger partial charge in [0.2, 0.25) is 5.91 Å². The van der Waals surface area contributed by atoms with E-state index >= 15 is 0 Å². The molecule has 3 atom stereocenters. The molecule has 1 unspecified atom stereocenters. The second-order valence-corrected chi connectivity index (χ2v) is 4.78. The Balaban J connectivity index is 2.77. The first-order valence-corrected chi connectivity index (χ1v) is 5.96. The van der Waals surface area contributed by atoms with Gasteiger partial charge in [0.15, 0.2) is 0 Å². The third kappa shape index (κ3) is 2.60. The van der Waals surface area contributed by atoms with Gasteiger partial charge in [-0.1, -0.05) is 6.92 Å². The lowest BCUT2D eigenvalue weighted by Crippen LogP contribution is -2.46. The van der Waals surface area contributed by atoms with E-state index in [9.17, 15) is 9.59 Å². The standard InChI is InChI=1S/C9H15NO3S2/c1-5(4-14)8(11)10-3-2-6(15)7(10)9(12)13/h5-7,14-15H,2-4H2,1H3,(H,12,13)/t5?,6-,7-/m0/s1. The molecule has 1 heterocycles. The molecule has 1 amide bonds. The molecule has 0 aliphatic carbocycles. The summed E-state index contributed by atoms with van der Waals surface area (Å²) in [4.78, 5) is 24.2. The summed E-state index contributed by atoms with van der Waals surface area (Å²) in [5.74, 6) is -0.936. The monoisotopic (exact) mass is 249 g/mol. The van der Waals surface area contributed by atoms with Crippen molar-refractivity contribution in [2.45, 2.75) is 24.6 Å². The van der Waals surface area contributed by atoms with E-state index in [1.807, 2.05) is 0 Å². The van der Waals surface area contributed by atoms with E-state index in [0.29, 0.717) is 18.7 Å². The minimum Gasteiger partial charge on any atom is -0.480 e. The Bertz CT molecular complexity index is 272. The minimum absolute atomic E-state index is 0.144. The first kappa shape index (κ1) is 12.7. The highest BCUT2D eigenvalue weighted by molar-refractivity contribution is 7.81. The zero-order chi connectivity index (χ0) is 11.6. The van der Waals surface area contributed by atoms with E-state index < -0.39 is 12.0 Å². The van der Waals surface area contributed by atoms with Crippen molar-refractivity contribution in [1.29, 1.82) is 0 Å². The van der Waals surface area contributed by atoms with Crippen molar-refractivity contribution in [2.75, 3.05) is 12.3 Å². The maximum Gasteiger partial charge on any atom is 0.327 e. The zero-order valence-electron chi connectivity index (χ0n) is 8.46. The number of carbonyl (C=O) groups excluding carboxylic acids is 1. The number of likely N-dealkylation sites (tertiary alicyclic amines) is 1. The number of carbonyl (C=O) groups is 2. The van der Waals surface area contributed by atoms with Gasteiger partial charge in [-0.15, -0.1) is 0 Å². The Morgan fingerprint density at radius 1 is 1.60 bits per heavy atom. The molecular weight excluding hydrogens is 234 g/mol. The van der Waals surface area contributed by atoms with Crippen molar-refractivity contribution < 1.29 is 14.7 Å². The Labute approximate surface area is 99.8 Å². The van der Waals surface area contributed by atoms with Crippen molar-refractivity contribution in [3.63, 3.8) is 0 Å². The van der Waals surface area contributed by atoms with Gasteiger partial charge in [-0.3, -0.25) is 4.79 Å². The lowest BCUT2D eigenvalue weighted by molar-refractivity contribution is -0.149. The molecule has 1 rings (SSSR count). The smallest absolute Gasteiger partial charge is 0.327 e. The molecule has 1 N–H and O–H groups in total. The molecule has 0 aromatic rings. The van der Waals surface area contributed by atoms with Gasteiger partial charge >= 0.3 is 5.97 Å². The highest BCUT2D eigenvalue weighted by atomic mass is 32.1. The van der Waals surface area contributed by atoms with E-state index in [2.05, 4.69) is 25.3 Å². The molecule has 1 aliphatic heterocycles. The van der Waals surface area contributed by atoms with Crippen molar-refractivity contribution in [1.82, 2.24) is 4.90 Å². The van der Waals surface area contributed by atoms with Crippen molar-refractivity contribution in [3.05, 3.63) is 0 Å². The number of nitrogens with zero attached hydrogens (tertiary/aromatic N) is 1. The van der Waals surface area contributed by atoms with Crippen molar-refractivity contribution in [3.8, 4) is 0 Å². The molecule has 0 spiro atoms. The maximum atomic E-state index is 11.8. The second-order valence-electron chi connectivity index (χ2n) is 3.75. The average molecular weight is 249 g/mol. The van der Waals surface area contributed by atoms with Crippen LogP contribution in [0.5, 0.6) is 0 Å². The summed E-state index contributed by atoms with van der Waals surface area (Å²) in [5.41, 5.74) is 0. The molecule has 6 heteroatoms. The van der Waals surface area contributed by atoms with Crippen LogP contribution in [0.2, 0.25) is 0 Å². The molecular formula is C9H15NO3S2. The zero-order valence-corrected chi connectivity index (χ0v) is 10.2. The van der Waals surface area contributed by atoms with Gasteiger partial charge in [0.05, 0.1) is 0 Å². The number of aliphatic carboxylic acids is 1. The first-order valence-electron chi connectivity index (χ1n) is 4.81. The maximum absolute atomic E-state index is 11.8. The second kappa shape index (κ2) is 5.12. The lowest BCUT2D eigenvalue weighted by Gasteiger charge is -2.25. The average Bonchev–Trinajstić information content (AvgIpc) is 2.57. The number of rotatable bonds is 3. The van der Waals surface area contributed by atoms with Gasteiger partial charge in [0, 0.05) is 23.5 Å². The normalized spacial score (nSPS) is 27.8. The summed E-state index contributed by atoms with van der Waals surface area (Å²) in [6.45, 7) is 2.22. The largest absolute Gasteiger partial charge is 0.480 e. The van der Waals surface area contributed by atoms with Crippen LogP contribution >= 0.6 is 25.3 Å². The number of carboxylic acids is 1. The van der Waals surface area contributed by atoms with Crippen LogP contribution in [0.15, 0.2) is 0 Å². The van der Waals surface area contributed by atoms with Gasteiger partial charge in [0.25, 0.3) is 0 Å². The van der Waals surface area contributed by atoms with Crippen LogP contribution in [0.4, 0.5) is 0 Å². The third-order valence-corrected chi connectivity index (χ3v) is 3.69.